The van der Waals surface area contributed by atoms with Crippen LogP contribution in [0.1, 0.15) is 16.2 Å². The van der Waals surface area contributed by atoms with Crippen molar-refractivity contribution in [2.75, 3.05) is 0 Å². The van der Waals surface area contributed by atoms with E-state index in [1.807, 2.05) is 6.07 Å². The standard InChI is InChI=1S/C10H6N4O/c11-5-9-12-10(14-13-9)8-4-2-1-3-7(8)6-15/h1-4,6H,(H,12,13,14). The molecule has 0 fully saturated rings. The van der Waals surface area contributed by atoms with E-state index in [1.165, 1.54) is 0 Å². The number of aromatic amines is 1. The van der Waals surface area contributed by atoms with E-state index in [9.17, 15) is 4.79 Å². The van der Waals surface area contributed by atoms with Gasteiger partial charge in [-0.1, -0.05) is 24.3 Å². The fourth-order valence-electron chi connectivity index (χ4n) is 1.25. The monoisotopic (exact) mass is 198 g/mol. The van der Waals surface area contributed by atoms with Crippen LogP contribution in [0, 0.1) is 11.3 Å². The first kappa shape index (κ1) is 9.09. The molecule has 0 radical (unpaired) electrons. The second-order valence-electron chi connectivity index (χ2n) is 2.82. The van der Waals surface area contributed by atoms with Gasteiger partial charge in [-0.25, -0.2) is 0 Å². The van der Waals surface area contributed by atoms with Crippen LogP contribution in [0.15, 0.2) is 24.3 Å². The third kappa shape index (κ3) is 1.60. The molecule has 72 valence electrons. The Kier molecular flexibility index (Phi) is 2.25. The SMILES string of the molecule is N#Cc1n[nH]c(-c2ccccc2C=O)n1. The minimum atomic E-state index is 0.0608. The van der Waals surface area contributed by atoms with Crippen molar-refractivity contribution >= 4 is 6.29 Å². The summed E-state index contributed by atoms with van der Waals surface area (Å²) < 4.78 is 0. The number of nitrogens with zero attached hydrogens (tertiary/aromatic N) is 3. The number of hydrogen-bond donors (Lipinski definition) is 1. The minimum Gasteiger partial charge on any atom is -0.298 e. The molecule has 0 unspecified atom stereocenters. The first-order valence-corrected chi connectivity index (χ1v) is 4.22. The minimum absolute atomic E-state index is 0.0608. The fraction of sp³-hybridized carbons (Fsp3) is 0. The Hall–Kier alpha value is -2.48. The molecule has 1 heterocycles. The van der Waals surface area contributed by atoms with Crippen LogP contribution in [0.2, 0.25) is 0 Å². The second-order valence-corrected chi connectivity index (χ2v) is 2.82. The highest BCUT2D eigenvalue weighted by Crippen LogP contribution is 2.17. The topological polar surface area (TPSA) is 82.4 Å². The van der Waals surface area contributed by atoms with E-state index >= 15 is 0 Å². The first-order chi connectivity index (χ1) is 7.35. The van der Waals surface area contributed by atoms with Crippen molar-refractivity contribution in [1.29, 1.82) is 5.26 Å². The molecule has 2 rings (SSSR count). The van der Waals surface area contributed by atoms with Gasteiger partial charge in [0.1, 0.15) is 6.07 Å². The summed E-state index contributed by atoms with van der Waals surface area (Å²) in [4.78, 5) is 14.7. The van der Waals surface area contributed by atoms with Crippen LogP contribution in [-0.4, -0.2) is 21.5 Å². The molecule has 1 aromatic carbocycles. The number of aldehydes is 1. The molecular weight excluding hydrogens is 192 g/mol. The Bertz CT molecular complexity index is 538. The summed E-state index contributed by atoms with van der Waals surface area (Å²) in [6.45, 7) is 0. The lowest BCUT2D eigenvalue weighted by atomic mass is 10.1. The zero-order valence-electron chi connectivity index (χ0n) is 7.64. The molecule has 5 nitrogen and oxygen atoms in total. The van der Waals surface area contributed by atoms with Crippen molar-refractivity contribution in [1.82, 2.24) is 15.2 Å². The fourth-order valence-corrected chi connectivity index (χ4v) is 1.25. The van der Waals surface area contributed by atoms with E-state index in [-0.39, 0.29) is 5.82 Å². The molecule has 0 aliphatic rings. The molecule has 0 bridgehead atoms. The van der Waals surface area contributed by atoms with Crippen LogP contribution in [-0.2, 0) is 0 Å². The largest absolute Gasteiger partial charge is 0.298 e. The summed E-state index contributed by atoms with van der Waals surface area (Å²) in [7, 11) is 0. The summed E-state index contributed by atoms with van der Waals surface area (Å²) in [5.74, 6) is 0.486. The Morgan fingerprint density at radius 2 is 2.20 bits per heavy atom. The van der Waals surface area contributed by atoms with Crippen molar-refractivity contribution in [3.63, 3.8) is 0 Å². The van der Waals surface area contributed by atoms with Crippen LogP contribution >= 0.6 is 0 Å². The van der Waals surface area contributed by atoms with Crippen molar-refractivity contribution in [3.05, 3.63) is 35.7 Å². The quantitative estimate of drug-likeness (QED) is 0.734. The molecule has 0 saturated carbocycles. The summed E-state index contributed by atoms with van der Waals surface area (Å²) >= 11 is 0. The third-order valence-electron chi connectivity index (χ3n) is 1.93. The van der Waals surface area contributed by atoms with Gasteiger partial charge in [0.2, 0.25) is 0 Å². The molecule has 0 aliphatic heterocycles. The van der Waals surface area contributed by atoms with Gasteiger partial charge in [0.25, 0.3) is 5.82 Å². The Morgan fingerprint density at radius 3 is 2.87 bits per heavy atom. The molecule has 15 heavy (non-hydrogen) atoms. The van der Waals surface area contributed by atoms with Crippen molar-refractivity contribution < 1.29 is 4.79 Å². The average molecular weight is 198 g/mol. The van der Waals surface area contributed by atoms with Gasteiger partial charge in [0.15, 0.2) is 12.1 Å². The number of benzene rings is 1. The summed E-state index contributed by atoms with van der Waals surface area (Å²) in [5, 5.41) is 14.8. The number of aromatic nitrogens is 3. The van der Waals surface area contributed by atoms with Gasteiger partial charge in [0, 0.05) is 11.1 Å². The highest BCUT2D eigenvalue weighted by atomic mass is 16.1. The molecule has 1 N–H and O–H groups in total. The number of hydrogen-bond acceptors (Lipinski definition) is 4. The van der Waals surface area contributed by atoms with Gasteiger partial charge >= 0.3 is 0 Å². The highest BCUT2D eigenvalue weighted by Gasteiger charge is 2.08. The maximum absolute atomic E-state index is 10.7. The van der Waals surface area contributed by atoms with E-state index in [0.717, 1.165) is 6.29 Å². The number of nitriles is 1. The Labute approximate surface area is 85.4 Å². The lowest BCUT2D eigenvalue weighted by molar-refractivity contribution is 0.112. The van der Waals surface area contributed by atoms with E-state index < -0.39 is 0 Å². The van der Waals surface area contributed by atoms with Gasteiger partial charge < -0.3 is 0 Å². The molecule has 2 aromatic rings. The van der Waals surface area contributed by atoms with Crippen molar-refractivity contribution in [3.8, 4) is 17.5 Å². The molecule has 0 atom stereocenters. The number of carbonyl (C=O) groups excluding carboxylic acids is 1. The zero-order valence-corrected chi connectivity index (χ0v) is 7.64. The van der Waals surface area contributed by atoms with Gasteiger partial charge in [-0.15, -0.1) is 5.10 Å². The maximum Gasteiger partial charge on any atom is 0.252 e. The van der Waals surface area contributed by atoms with E-state index in [2.05, 4.69) is 15.2 Å². The van der Waals surface area contributed by atoms with Crippen LogP contribution in [0.5, 0.6) is 0 Å². The number of carbonyl (C=O) groups is 1. The van der Waals surface area contributed by atoms with Crippen LogP contribution in [0.3, 0.4) is 0 Å². The smallest absolute Gasteiger partial charge is 0.252 e. The molecule has 0 amide bonds. The Balaban J connectivity index is 2.54. The third-order valence-corrected chi connectivity index (χ3v) is 1.93. The molecule has 0 saturated heterocycles. The zero-order chi connectivity index (χ0) is 10.7. The van der Waals surface area contributed by atoms with E-state index in [0.29, 0.717) is 17.0 Å². The number of H-pyrrole nitrogens is 1. The highest BCUT2D eigenvalue weighted by molar-refractivity contribution is 5.85. The van der Waals surface area contributed by atoms with Crippen LogP contribution in [0.4, 0.5) is 0 Å². The van der Waals surface area contributed by atoms with Crippen molar-refractivity contribution in [2.24, 2.45) is 0 Å². The summed E-state index contributed by atoms with van der Waals surface area (Å²) in [6, 6.07) is 8.78. The van der Waals surface area contributed by atoms with Gasteiger partial charge in [0.05, 0.1) is 0 Å². The predicted molar refractivity (Wildman–Crippen MR) is 51.9 cm³/mol. The van der Waals surface area contributed by atoms with Crippen LogP contribution in [0.25, 0.3) is 11.4 Å². The first-order valence-electron chi connectivity index (χ1n) is 4.22. The molecule has 5 heteroatoms. The normalized spacial score (nSPS) is 9.53. The molecular formula is C10H6N4O. The Morgan fingerprint density at radius 1 is 1.40 bits per heavy atom. The summed E-state index contributed by atoms with van der Waals surface area (Å²) in [6.07, 6.45) is 0.740. The number of nitrogens with one attached hydrogen (secondary N) is 1. The maximum atomic E-state index is 10.7. The average Bonchev–Trinajstić information content (AvgIpc) is 2.77. The van der Waals surface area contributed by atoms with Gasteiger partial charge in [-0.2, -0.15) is 10.2 Å². The van der Waals surface area contributed by atoms with Gasteiger partial charge in [-0.05, 0) is 0 Å². The van der Waals surface area contributed by atoms with E-state index in [4.69, 9.17) is 5.26 Å². The van der Waals surface area contributed by atoms with Crippen molar-refractivity contribution in [2.45, 2.75) is 0 Å². The molecule has 1 aromatic heterocycles. The second kappa shape index (κ2) is 3.72. The van der Waals surface area contributed by atoms with Crippen LogP contribution < -0.4 is 0 Å². The lowest BCUT2D eigenvalue weighted by Gasteiger charge is -1.98. The lowest BCUT2D eigenvalue weighted by Crippen LogP contribution is -1.88. The van der Waals surface area contributed by atoms with Gasteiger partial charge in [-0.3, -0.25) is 9.89 Å². The molecule has 0 spiro atoms. The molecule has 0 aliphatic carbocycles. The van der Waals surface area contributed by atoms with E-state index in [1.54, 1.807) is 24.3 Å². The predicted octanol–water partition coefficient (Wildman–Crippen LogP) is 1.16. The summed E-state index contributed by atoms with van der Waals surface area (Å²) in [5.41, 5.74) is 1.15. The number of rotatable bonds is 2.